The van der Waals surface area contributed by atoms with E-state index < -0.39 is 10.0 Å². The Labute approximate surface area is 153 Å². The predicted molar refractivity (Wildman–Crippen MR) is 99.6 cm³/mol. The molecule has 0 aromatic heterocycles. The monoisotopic (exact) mass is 378 g/mol. The zero-order valence-electron chi connectivity index (χ0n) is 15.1. The Hall–Kier alpha value is -2.74. The summed E-state index contributed by atoms with van der Waals surface area (Å²) in [6.45, 7) is 2.23. The largest absolute Gasteiger partial charge is 0.497 e. The van der Waals surface area contributed by atoms with E-state index in [9.17, 15) is 13.2 Å². The highest BCUT2D eigenvalue weighted by Gasteiger charge is 2.26. The second kappa shape index (κ2) is 8.09. The normalized spacial score (nSPS) is 10.9. The summed E-state index contributed by atoms with van der Waals surface area (Å²) < 4.78 is 37.6. The van der Waals surface area contributed by atoms with Crippen LogP contribution in [-0.4, -0.2) is 42.1 Å². The van der Waals surface area contributed by atoms with Gasteiger partial charge in [-0.3, -0.25) is 9.10 Å². The Morgan fingerprint density at radius 1 is 1.08 bits per heavy atom. The van der Waals surface area contributed by atoms with Crippen molar-refractivity contribution in [3.05, 3.63) is 48.0 Å². The fourth-order valence-corrected chi connectivity index (χ4v) is 3.74. The van der Waals surface area contributed by atoms with E-state index in [0.717, 1.165) is 4.31 Å². The molecule has 0 aliphatic heterocycles. The molecule has 0 heterocycles. The number of anilines is 1. The number of nitrogens with one attached hydrogen (secondary N) is 1. The molecule has 0 spiro atoms. The number of rotatable bonds is 7. The van der Waals surface area contributed by atoms with Crippen LogP contribution in [-0.2, 0) is 10.0 Å². The Balaban J connectivity index is 2.48. The lowest BCUT2D eigenvalue weighted by Gasteiger charge is -2.21. The van der Waals surface area contributed by atoms with E-state index in [0.29, 0.717) is 18.0 Å². The average Bonchev–Trinajstić information content (AvgIpc) is 2.67. The molecule has 0 radical (unpaired) electrons. The molecule has 0 aliphatic carbocycles. The summed E-state index contributed by atoms with van der Waals surface area (Å²) in [5.74, 6) is 0.437. The Morgan fingerprint density at radius 2 is 1.73 bits per heavy atom. The lowest BCUT2D eigenvalue weighted by Crippen LogP contribution is -2.28. The van der Waals surface area contributed by atoms with Crippen molar-refractivity contribution in [2.75, 3.05) is 32.1 Å². The van der Waals surface area contributed by atoms with Crippen LogP contribution in [0.1, 0.15) is 17.3 Å². The van der Waals surface area contributed by atoms with Crippen LogP contribution in [0.5, 0.6) is 11.5 Å². The molecule has 0 unspecified atom stereocenters. The molecule has 7 nitrogen and oxygen atoms in total. The lowest BCUT2D eigenvalue weighted by molar-refractivity contribution is 0.0955. The highest BCUT2D eigenvalue weighted by Crippen LogP contribution is 2.30. The van der Waals surface area contributed by atoms with Crippen LogP contribution in [0.2, 0.25) is 0 Å². The van der Waals surface area contributed by atoms with Crippen LogP contribution < -0.4 is 19.1 Å². The van der Waals surface area contributed by atoms with Gasteiger partial charge in [-0.05, 0) is 49.4 Å². The van der Waals surface area contributed by atoms with Crippen molar-refractivity contribution in [1.29, 1.82) is 0 Å². The van der Waals surface area contributed by atoms with Gasteiger partial charge in [0.15, 0.2) is 0 Å². The van der Waals surface area contributed by atoms with Gasteiger partial charge < -0.3 is 14.8 Å². The first-order chi connectivity index (χ1) is 12.3. The number of sulfonamides is 1. The molecule has 26 heavy (non-hydrogen) atoms. The van der Waals surface area contributed by atoms with Gasteiger partial charge in [0.05, 0.1) is 19.9 Å². The first kappa shape index (κ1) is 19.6. The van der Waals surface area contributed by atoms with Crippen LogP contribution in [0.3, 0.4) is 0 Å². The molecule has 0 saturated carbocycles. The molecule has 2 rings (SSSR count). The van der Waals surface area contributed by atoms with E-state index in [1.165, 1.54) is 39.5 Å². The Kier molecular flexibility index (Phi) is 6.10. The van der Waals surface area contributed by atoms with E-state index in [1.807, 2.05) is 0 Å². The number of carbonyl (C=O) groups is 1. The zero-order chi connectivity index (χ0) is 19.3. The molecule has 2 aromatic carbocycles. The third kappa shape index (κ3) is 3.91. The molecule has 1 amide bonds. The Morgan fingerprint density at radius 3 is 2.27 bits per heavy atom. The smallest absolute Gasteiger partial charge is 0.267 e. The number of hydrogen-bond donors (Lipinski definition) is 1. The summed E-state index contributed by atoms with van der Waals surface area (Å²) in [5, 5.41) is 2.65. The highest BCUT2D eigenvalue weighted by molar-refractivity contribution is 7.92. The third-order valence-corrected chi connectivity index (χ3v) is 5.64. The molecule has 2 aromatic rings. The summed E-state index contributed by atoms with van der Waals surface area (Å²) in [6, 6.07) is 10.9. The van der Waals surface area contributed by atoms with Crippen molar-refractivity contribution >= 4 is 21.6 Å². The van der Waals surface area contributed by atoms with Crippen molar-refractivity contribution in [1.82, 2.24) is 5.32 Å². The zero-order valence-corrected chi connectivity index (χ0v) is 16.0. The summed E-state index contributed by atoms with van der Waals surface area (Å²) in [4.78, 5) is 12.0. The molecule has 1 N–H and O–H groups in total. The van der Waals surface area contributed by atoms with Crippen LogP contribution >= 0.6 is 0 Å². The van der Waals surface area contributed by atoms with Crippen LogP contribution in [0, 0.1) is 0 Å². The Bertz CT molecular complexity index is 879. The first-order valence-electron chi connectivity index (χ1n) is 7.94. The van der Waals surface area contributed by atoms with Gasteiger partial charge in [-0.2, -0.15) is 0 Å². The molecule has 8 heteroatoms. The molecule has 0 bridgehead atoms. The summed E-state index contributed by atoms with van der Waals surface area (Å²) in [5.41, 5.74) is 0.700. The molecular formula is C18H22N2O5S. The van der Waals surface area contributed by atoms with E-state index in [2.05, 4.69) is 5.32 Å². The lowest BCUT2D eigenvalue weighted by atomic mass is 10.2. The summed E-state index contributed by atoms with van der Waals surface area (Å²) in [7, 11) is 0.419. The van der Waals surface area contributed by atoms with Crippen LogP contribution in [0.15, 0.2) is 47.4 Å². The van der Waals surface area contributed by atoms with Gasteiger partial charge in [-0.1, -0.05) is 0 Å². The number of carbonyl (C=O) groups excluding carboxylic acids is 1. The quantitative estimate of drug-likeness (QED) is 0.799. The maximum Gasteiger partial charge on any atom is 0.267 e. The molecular weight excluding hydrogens is 356 g/mol. The van der Waals surface area contributed by atoms with Crippen molar-refractivity contribution in [2.45, 2.75) is 11.8 Å². The van der Waals surface area contributed by atoms with Gasteiger partial charge in [-0.25, -0.2) is 8.42 Å². The second-order valence-corrected chi connectivity index (χ2v) is 7.33. The maximum absolute atomic E-state index is 13.1. The van der Waals surface area contributed by atoms with Gasteiger partial charge in [-0.15, -0.1) is 0 Å². The first-order valence-corrected chi connectivity index (χ1v) is 9.38. The number of amides is 1. The van der Waals surface area contributed by atoms with Crippen LogP contribution in [0.4, 0.5) is 5.69 Å². The van der Waals surface area contributed by atoms with E-state index >= 15 is 0 Å². The maximum atomic E-state index is 13.1. The second-order valence-electron chi connectivity index (χ2n) is 5.40. The summed E-state index contributed by atoms with van der Waals surface area (Å²) in [6.07, 6.45) is 0. The molecule has 0 aliphatic rings. The number of nitrogens with zero attached hydrogens (tertiary/aromatic N) is 1. The van der Waals surface area contributed by atoms with E-state index in [-0.39, 0.29) is 22.1 Å². The van der Waals surface area contributed by atoms with Crippen molar-refractivity contribution in [2.24, 2.45) is 0 Å². The molecule has 0 saturated heterocycles. The minimum Gasteiger partial charge on any atom is -0.497 e. The number of ether oxygens (including phenoxy) is 2. The van der Waals surface area contributed by atoms with Crippen molar-refractivity contribution < 1.29 is 22.7 Å². The number of methoxy groups -OCH3 is 2. The van der Waals surface area contributed by atoms with Gasteiger partial charge in [0.2, 0.25) is 0 Å². The van der Waals surface area contributed by atoms with E-state index in [4.69, 9.17) is 9.47 Å². The van der Waals surface area contributed by atoms with Crippen molar-refractivity contribution in [3.63, 3.8) is 0 Å². The molecule has 0 atom stereocenters. The van der Waals surface area contributed by atoms with E-state index in [1.54, 1.807) is 31.2 Å². The van der Waals surface area contributed by atoms with Crippen molar-refractivity contribution in [3.8, 4) is 11.5 Å². The SMILES string of the molecule is CCNC(=O)c1ccc(OC)c(S(=O)(=O)N(C)c2ccc(OC)cc2)c1. The number of hydrogen-bond acceptors (Lipinski definition) is 5. The average molecular weight is 378 g/mol. The minimum atomic E-state index is -3.94. The number of benzene rings is 2. The predicted octanol–water partition coefficient (Wildman–Crippen LogP) is 2.28. The topological polar surface area (TPSA) is 84.9 Å². The highest BCUT2D eigenvalue weighted by atomic mass is 32.2. The van der Waals surface area contributed by atoms with Gasteiger partial charge in [0.25, 0.3) is 15.9 Å². The van der Waals surface area contributed by atoms with Gasteiger partial charge in [0, 0.05) is 19.2 Å². The standard InChI is InChI=1S/C18H22N2O5S/c1-5-19-18(21)13-6-11-16(25-4)17(12-13)26(22,23)20(2)14-7-9-15(24-3)10-8-14/h6-12H,5H2,1-4H3,(H,19,21). The minimum absolute atomic E-state index is 0.0814. The molecule has 140 valence electrons. The molecule has 0 fully saturated rings. The van der Waals surface area contributed by atoms with Gasteiger partial charge in [0.1, 0.15) is 16.4 Å². The third-order valence-electron chi connectivity index (χ3n) is 3.84. The van der Waals surface area contributed by atoms with Crippen LogP contribution in [0.25, 0.3) is 0 Å². The fourth-order valence-electron chi connectivity index (χ4n) is 2.36. The fraction of sp³-hybridized carbons (Fsp3) is 0.278. The summed E-state index contributed by atoms with van der Waals surface area (Å²) >= 11 is 0. The van der Waals surface area contributed by atoms with Gasteiger partial charge >= 0.3 is 0 Å².